The van der Waals surface area contributed by atoms with E-state index in [1.165, 1.54) is 18.2 Å². The lowest BCUT2D eigenvalue weighted by Crippen LogP contribution is -2.15. The van der Waals surface area contributed by atoms with Crippen LogP contribution >= 0.6 is 0 Å². The largest absolute Gasteiger partial charge is 0.398 e. The molecule has 0 spiro atoms. The van der Waals surface area contributed by atoms with Crippen molar-refractivity contribution in [3.05, 3.63) is 53.6 Å². The van der Waals surface area contributed by atoms with Gasteiger partial charge in [-0.3, -0.25) is 4.79 Å². The Morgan fingerprint density at radius 1 is 1.14 bits per heavy atom. The predicted octanol–water partition coefficient (Wildman–Crippen LogP) is 1.48. The Morgan fingerprint density at radius 3 is 2.48 bits per heavy atom. The van der Waals surface area contributed by atoms with Crippen molar-refractivity contribution in [1.82, 2.24) is 0 Å². The summed E-state index contributed by atoms with van der Waals surface area (Å²) in [6.45, 7) is 1.84. The van der Waals surface area contributed by atoms with Gasteiger partial charge >= 0.3 is 0 Å². The highest BCUT2D eigenvalue weighted by Gasteiger charge is 2.11. The first-order valence-corrected chi connectivity index (χ1v) is 7.62. The fourth-order valence-electron chi connectivity index (χ4n) is 1.74. The number of sulfonamides is 1. The monoisotopic (exact) mass is 305 g/mol. The second-order valence-electron chi connectivity index (χ2n) is 4.60. The van der Waals surface area contributed by atoms with Crippen LogP contribution in [-0.4, -0.2) is 14.3 Å². The Morgan fingerprint density at radius 2 is 1.86 bits per heavy atom. The molecule has 0 aromatic heterocycles. The van der Waals surface area contributed by atoms with Crippen LogP contribution in [-0.2, 0) is 10.0 Å². The highest BCUT2D eigenvalue weighted by Crippen LogP contribution is 2.17. The molecule has 0 heterocycles. The van der Waals surface area contributed by atoms with Gasteiger partial charge in [0, 0.05) is 16.9 Å². The van der Waals surface area contributed by atoms with Crippen molar-refractivity contribution in [1.29, 1.82) is 0 Å². The Hall–Kier alpha value is -2.38. The summed E-state index contributed by atoms with van der Waals surface area (Å²) in [6, 6.07) is 10.7. The lowest BCUT2D eigenvalue weighted by molar-refractivity contribution is 0.102. The predicted molar refractivity (Wildman–Crippen MR) is 81.4 cm³/mol. The van der Waals surface area contributed by atoms with Crippen molar-refractivity contribution in [3.8, 4) is 0 Å². The fourth-order valence-corrected chi connectivity index (χ4v) is 2.30. The van der Waals surface area contributed by atoms with Gasteiger partial charge in [0.05, 0.1) is 4.90 Å². The molecule has 0 aliphatic heterocycles. The summed E-state index contributed by atoms with van der Waals surface area (Å²) >= 11 is 0. The van der Waals surface area contributed by atoms with Crippen molar-refractivity contribution in [2.45, 2.75) is 11.8 Å². The van der Waals surface area contributed by atoms with E-state index in [1.807, 2.05) is 6.92 Å². The highest BCUT2D eigenvalue weighted by atomic mass is 32.2. The molecule has 110 valence electrons. The molecule has 0 bridgehead atoms. The third-order valence-electron chi connectivity index (χ3n) is 2.96. The molecule has 1 amide bonds. The van der Waals surface area contributed by atoms with Gasteiger partial charge in [-0.15, -0.1) is 0 Å². The van der Waals surface area contributed by atoms with Crippen LogP contribution in [0, 0.1) is 6.92 Å². The van der Waals surface area contributed by atoms with Crippen LogP contribution in [0.5, 0.6) is 0 Å². The zero-order chi connectivity index (χ0) is 15.6. The van der Waals surface area contributed by atoms with E-state index >= 15 is 0 Å². The molecule has 21 heavy (non-hydrogen) atoms. The number of nitrogens with one attached hydrogen (secondary N) is 1. The summed E-state index contributed by atoms with van der Waals surface area (Å²) < 4.78 is 22.5. The van der Waals surface area contributed by atoms with Gasteiger partial charge in [0.1, 0.15) is 0 Å². The minimum Gasteiger partial charge on any atom is -0.398 e. The molecular weight excluding hydrogens is 290 g/mol. The second-order valence-corrected chi connectivity index (χ2v) is 6.16. The van der Waals surface area contributed by atoms with Gasteiger partial charge < -0.3 is 11.1 Å². The van der Waals surface area contributed by atoms with E-state index in [1.54, 1.807) is 24.3 Å². The van der Waals surface area contributed by atoms with Crippen LogP contribution in [0.15, 0.2) is 47.4 Å². The van der Waals surface area contributed by atoms with Crippen LogP contribution in [0.3, 0.4) is 0 Å². The number of nitrogens with two attached hydrogens (primary N) is 2. The summed E-state index contributed by atoms with van der Waals surface area (Å²) in [5.74, 6) is -0.381. The first-order chi connectivity index (χ1) is 9.77. The lowest BCUT2D eigenvalue weighted by Gasteiger charge is -2.08. The number of hydrogen-bond donors (Lipinski definition) is 3. The van der Waals surface area contributed by atoms with Crippen molar-refractivity contribution in [2.75, 3.05) is 11.1 Å². The summed E-state index contributed by atoms with van der Waals surface area (Å²) in [7, 11) is -3.81. The first kappa shape index (κ1) is 15.0. The molecule has 7 heteroatoms. The number of nitrogen functional groups attached to an aromatic ring is 1. The first-order valence-electron chi connectivity index (χ1n) is 6.08. The van der Waals surface area contributed by atoms with Gasteiger partial charge in [0.2, 0.25) is 10.0 Å². The normalized spacial score (nSPS) is 11.1. The van der Waals surface area contributed by atoms with Gasteiger partial charge in [-0.25, -0.2) is 13.6 Å². The van der Waals surface area contributed by atoms with E-state index in [4.69, 9.17) is 10.9 Å². The van der Waals surface area contributed by atoms with Crippen LogP contribution in [0.4, 0.5) is 11.4 Å². The summed E-state index contributed by atoms with van der Waals surface area (Å²) in [5, 5.41) is 7.65. The minimum absolute atomic E-state index is 0.0660. The van der Waals surface area contributed by atoms with Gasteiger partial charge in [0.25, 0.3) is 5.91 Å². The fraction of sp³-hybridized carbons (Fsp3) is 0.0714. The number of rotatable bonds is 3. The standard InChI is InChI=1S/C14H15N3O3S/c1-9-5-6-10(7-13(9)15)14(18)17-11-3-2-4-12(8-11)21(16,19)20/h2-8H,15H2,1H3,(H,17,18)(H2,16,19,20). The average molecular weight is 305 g/mol. The molecule has 0 saturated heterocycles. The number of benzene rings is 2. The van der Waals surface area contributed by atoms with Crippen LogP contribution in [0.2, 0.25) is 0 Å². The second kappa shape index (κ2) is 5.55. The molecule has 0 aliphatic rings. The van der Waals surface area contributed by atoms with E-state index in [-0.39, 0.29) is 10.8 Å². The van der Waals surface area contributed by atoms with E-state index in [2.05, 4.69) is 5.32 Å². The molecule has 6 nitrogen and oxygen atoms in total. The molecule has 0 saturated carbocycles. The Kier molecular flexibility index (Phi) is 3.97. The van der Waals surface area contributed by atoms with Gasteiger partial charge in [-0.2, -0.15) is 0 Å². The number of hydrogen-bond acceptors (Lipinski definition) is 4. The van der Waals surface area contributed by atoms with Crippen molar-refractivity contribution in [3.63, 3.8) is 0 Å². The van der Waals surface area contributed by atoms with E-state index < -0.39 is 10.0 Å². The highest BCUT2D eigenvalue weighted by molar-refractivity contribution is 7.89. The maximum Gasteiger partial charge on any atom is 0.255 e. The zero-order valence-electron chi connectivity index (χ0n) is 11.3. The Labute approximate surface area is 122 Å². The zero-order valence-corrected chi connectivity index (χ0v) is 12.1. The average Bonchev–Trinajstić information content (AvgIpc) is 2.41. The molecule has 0 atom stereocenters. The Balaban J connectivity index is 2.25. The topological polar surface area (TPSA) is 115 Å². The quantitative estimate of drug-likeness (QED) is 0.745. The summed E-state index contributed by atoms with van der Waals surface area (Å²) in [5.41, 5.74) is 7.88. The summed E-state index contributed by atoms with van der Waals surface area (Å²) in [6.07, 6.45) is 0. The van der Waals surface area contributed by atoms with Gasteiger partial charge in [-0.1, -0.05) is 12.1 Å². The smallest absolute Gasteiger partial charge is 0.255 e. The van der Waals surface area contributed by atoms with Crippen LogP contribution < -0.4 is 16.2 Å². The molecule has 2 aromatic carbocycles. The Bertz CT molecular complexity index is 801. The van der Waals surface area contributed by atoms with E-state index in [9.17, 15) is 13.2 Å². The van der Waals surface area contributed by atoms with E-state index in [0.717, 1.165) is 5.56 Å². The number of aryl methyl sites for hydroxylation is 1. The van der Waals surface area contributed by atoms with Crippen molar-refractivity contribution >= 4 is 27.3 Å². The number of amides is 1. The lowest BCUT2D eigenvalue weighted by atomic mass is 10.1. The van der Waals surface area contributed by atoms with Crippen molar-refractivity contribution in [2.24, 2.45) is 5.14 Å². The van der Waals surface area contributed by atoms with Gasteiger partial charge in [0.15, 0.2) is 0 Å². The van der Waals surface area contributed by atoms with Crippen LogP contribution in [0.25, 0.3) is 0 Å². The number of primary sulfonamides is 1. The number of carbonyl (C=O) groups is 1. The SMILES string of the molecule is Cc1ccc(C(=O)Nc2cccc(S(N)(=O)=O)c2)cc1N. The molecule has 0 unspecified atom stereocenters. The van der Waals surface area contributed by atoms with Crippen molar-refractivity contribution < 1.29 is 13.2 Å². The molecule has 0 radical (unpaired) electrons. The molecule has 0 aliphatic carbocycles. The molecule has 2 rings (SSSR count). The van der Waals surface area contributed by atoms with Crippen LogP contribution in [0.1, 0.15) is 15.9 Å². The third kappa shape index (κ3) is 3.59. The molecule has 2 aromatic rings. The minimum atomic E-state index is -3.81. The maximum absolute atomic E-state index is 12.1. The molecule has 0 fully saturated rings. The number of anilines is 2. The number of carbonyl (C=O) groups excluding carboxylic acids is 1. The third-order valence-corrected chi connectivity index (χ3v) is 3.87. The van der Waals surface area contributed by atoms with E-state index in [0.29, 0.717) is 16.9 Å². The molecular formula is C14H15N3O3S. The van der Waals surface area contributed by atoms with Gasteiger partial charge in [-0.05, 0) is 42.8 Å². The molecule has 5 N–H and O–H groups in total. The maximum atomic E-state index is 12.1. The summed E-state index contributed by atoms with van der Waals surface area (Å²) in [4.78, 5) is 12.0.